The molecule has 2 nitrogen and oxygen atoms in total. The lowest BCUT2D eigenvalue weighted by atomic mass is 10.2. The molecule has 94 valence electrons. The van der Waals surface area contributed by atoms with Crippen molar-refractivity contribution in [3.63, 3.8) is 0 Å². The first-order valence-electron chi connectivity index (χ1n) is 5.93. The zero-order valence-corrected chi connectivity index (χ0v) is 11.9. The number of nitrogens with zero attached hydrogens (tertiary/aromatic N) is 1. The molecule has 1 aliphatic heterocycles. The molecular formula is C13H20N2S2. The Morgan fingerprint density at radius 1 is 1.29 bits per heavy atom. The Balaban J connectivity index is 1.77. The molecule has 1 N–H and O–H groups in total. The standard InChI is InChI=1S/C13H20N2S2/c1-15(14-12-6-4-3-5-7-12)16-13-8-10-17(2)11-9-13/h3-7,13-14H,2,8-11H2,1H3. The SMILES string of the molecule is C=S1CCC(SN(C)Nc2ccccc2)CC1. The van der Waals surface area contributed by atoms with Crippen molar-refractivity contribution in [2.24, 2.45) is 0 Å². The van der Waals surface area contributed by atoms with Crippen LogP contribution in [0.25, 0.3) is 0 Å². The van der Waals surface area contributed by atoms with Crippen LogP contribution >= 0.6 is 22.4 Å². The highest BCUT2D eigenvalue weighted by Crippen LogP contribution is 2.31. The molecule has 1 aliphatic rings. The highest BCUT2D eigenvalue weighted by atomic mass is 32.2. The van der Waals surface area contributed by atoms with Crippen molar-refractivity contribution in [1.29, 1.82) is 0 Å². The quantitative estimate of drug-likeness (QED) is 0.511. The molecule has 0 saturated carbocycles. The van der Waals surface area contributed by atoms with Gasteiger partial charge in [0, 0.05) is 18.0 Å². The van der Waals surface area contributed by atoms with E-state index in [0.717, 1.165) is 10.9 Å². The average molecular weight is 268 g/mol. The summed E-state index contributed by atoms with van der Waals surface area (Å²) in [6, 6.07) is 10.3. The van der Waals surface area contributed by atoms with Gasteiger partial charge in [0.2, 0.25) is 0 Å². The molecule has 1 heterocycles. The Hall–Kier alpha value is -0.450. The van der Waals surface area contributed by atoms with Gasteiger partial charge in [-0.3, -0.25) is 0 Å². The normalized spacial score (nSPS) is 24.8. The van der Waals surface area contributed by atoms with E-state index in [2.05, 4.69) is 47.0 Å². The molecule has 0 radical (unpaired) electrons. The fourth-order valence-electron chi connectivity index (χ4n) is 1.89. The Kier molecular flexibility index (Phi) is 4.95. The minimum Gasteiger partial charge on any atom is -0.310 e. The smallest absolute Gasteiger partial charge is 0.0498 e. The summed E-state index contributed by atoms with van der Waals surface area (Å²) in [5.74, 6) is 6.77. The molecule has 1 fully saturated rings. The fraction of sp³-hybridized carbons (Fsp3) is 0.462. The molecule has 0 bridgehead atoms. The number of rotatable bonds is 4. The molecule has 1 aromatic carbocycles. The number of hydrazine groups is 1. The van der Waals surface area contributed by atoms with Crippen LogP contribution in [0, 0.1) is 0 Å². The maximum absolute atomic E-state index is 4.17. The third-order valence-electron chi connectivity index (χ3n) is 2.82. The van der Waals surface area contributed by atoms with Crippen LogP contribution in [-0.2, 0) is 0 Å². The van der Waals surface area contributed by atoms with Crippen LogP contribution in [0.4, 0.5) is 5.69 Å². The minimum absolute atomic E-state index is 0.434. The van der Waals surface area contributed by atoms with Crippen molar-refractivity contribution in [3.8, 4) is 0 Å². The summed E-state index contributed by atoms with van der Waals surface area (Å²) >= 11 is 1.92. The molecule has 1 aromatic rings. The molecule has 1 saturated heterocycles. The first-order chi connectivity index (χ1) is 8.24. The van der Waals surface area contributed by atoms with E-state index < -0.39 is 0 Å². The van der Waals surface area contributed by atoms with E-state index in [-0.39, 0.29) is 0 Å². The van der Waals surface area contributed by atoms with Crippen LogP contribution in [0.3, 0.4) is 0 Å². The first-order valence-corrected chi connectivity index (χ1v) is 8.50. The molecule has 0 spiro atoms. The zero-order valence-electron chi connectivity index (χ0n) is 10.3. The Morgan fingerprint density at radius 3 is 2.59 bits per heavy atom. The molecular weight excluding hydrogens is 248 g/mol. The highest BCUT2D eigenvalue weighted by Gasteiger charge is 2.17. The maximum atomic E-state index is 4.17. The van der Waals surface area contributed by atoms with Gasteiger partial charge in [-0.2, -0.15) is 14.9 Å². The van der Waals surface area contributed by atoms with Crippen LogP contribution in [0.1, 0.15) is 12.8 Å². The summed E-state index contributed by atoms with van der Waals surface area (Å²) in [6.45, 7) is 0. The van der Waals surface area contributed by atoms with Gasteiger partial charge in [0.05, 0.1) is 0 Å². The monoisotopic (exact) mass is 268 g/mol. The van der Waals surface area contributed by atoms with E-state index in [9.17, 15) is 0 Å². The van der Waals surface area contributed by atoms with E-state index in [4.69, 9.17) is 0 Å². The van der Waals surface area contributed by atoms with Crippen LogP contribution in [0.2, 0.25) is 0 Å². The second-order valence-electron chi connectivity index (χ2n) is 4.30. The average Bonchev–Trinajstić information content (AvgIpc) is 2.33. The Bertz CT molecular complexity index is 357. The van der Waals surface area contributed by atoms with Crippen molar-refractivity contribution in [2.75, 3.05) is 24.0 Å². The number of anilines is 1. The topological polar surface area (TPSA) is 15.3 Å². The predicted molar refractivity (Wildman–Crippen MR) is 82.9 cm³/mol. The lowest BCUT2D eigenvalue weighted by Crippen LogP contribution is -2.24. The molecule has 2 rings (SSSR count). The lowest BCUT2D eigenvalue weighted by Gasteiger charge is -2.28. The van der Waals surface area contributed by atoms with Gasteiger partial charge in [-0.15, -0.1) is 0 Å². The van der Waals surface area contributed by atoms with E-state index in [1.165, 1.54) is 24.3 Å². The van der Waals surface area contributed by atoms with Gasteiger partial charge in [0.1, 0.15) is 0 Å². The molecule has 0 amide bonds. The van der Waals surface area contributed by atoms with Gasteiger partial charge in [0.25, 0.3) is 0 Å². The number of benzene rings is 1. The highest BCUT2D eigenvalue weighted by molar-refractivity contribution is 8.14. The summed E-state index contributed by atoms with van der Waals surface area (Å²) in [5, 5.41) is 0.752. The van der Waals surface area contributed by atoms with Gasteiger partial charge < -0.3 is 5.43 Å². The zero-order chi connectivity index (χ0) is 12.1. The third-order valence-corrected chi connectivity index (χ3v) is 5.63. The number of hydrogen-bond donors (Lipinski definition) is 1. The largest absolute Gasteiger partial charge is 0.310 e. The number of para-hydroxylation sites is 1. The molecule has 0 aromatic heterocycles. The molecule has 17 heavy (non-hydrogen) atoms. The molecule has 0 atom stereocenters. The van der Waals surface area contributed by atoms with Crippen molar-refractivity contribution in [2.45, 2.75) is 18.1 Å². The second kappa shape index (κ2) is 6.47. The van der Waals surface area contributed by atoms with Gasteiger partial charge in [0.15, 0.2) is 0 Å². The van der Waals surface area contributed by atoms with E-state index in [0.29, 0.717) is 10.5 Å². The molecule has 0 aliphatic carbocycles. The summed E-state index contributed by atoms with van der Waals surface area (Å²) in [5.41, 5.74) is 4.53. The Morgan fingerprint density at radius 2 is 1.94 bits per heavy atom. The lowest BCUT2D eigenvalue weighted by molar-refractivity contribution is 0.660. The predicted octanol–water partition coefficient (Wildman–Crippen LogP) is 3.46. The van der Waals surface area contributed by atoms with Gasteiger partial charge in [-0.1, -0.05) is 36.0 Å². The van der Waals surface area contributed by atoms with Crippen molar-refractivity contribution >= 4 is 34.0 Å². The second-order valence-corrected chi connectivity index (χ2v) is 7.77. The third kappa shape index (κ3) is 4.37. The van der Waals surface area contributed by atoms with Crippen LogP contribution in [-0.4, -0.2) is 34.1 Å². The minimum atomic E-state index is 0.434. The summed E-state index contributed by atoms with van der Waals surface area (Å²) in [7, 11) is 2.53. The van der Waals surface area contributed by atoms with Crippen molar-refractivity contribution < 1.29 is 0 Å². The van der Waals surface area contributed by atoms with Gasteiger partial charge >= 0.3 is 0 Å². The molecule has 0 unspecified atom stereocenters. The first kappa shape index (κ1) is 13.0. The van der Waals surface area contributed by atoms with E-state index in [1.54, 1.807) is 0 Å². The fourth-order valence-corrected chi connectivity index (χ4v) is 4.68. The summed E-state index contributed by atoms with van der Waals surface area (Å²) < 4.78 is 2.13. The summed E-state index contributed by atoms with van der Waals surface area (Å²) in [4.78, 5) is 0. The number of hydrogen-bond acceptors (Lipinski definition) is 3. The summed E-state index contributed by atoms with van der Waals surface area (Å²) in [6.07, 6.45) is 2.61. The van der Waals surface area contributed by atoms with E-state index in [1.807, 2.05) is 18.0 Å². The molecule has 4 heteroatoms. The van der Waals surface area contributed by atoms with Crippen LogP contribution in [0.5, 0.6) is 0 Å². The number of nitrogens with one attached hydrogen (secondary N) is 1. The van der Waals surface area contributed by atoms with E-state index >= 15 is 0 Å². The van der Waals surface area contributed by atoms with Crippen molar-refractivity contribution in [1.82, 2.24) is 4.41 Å². The maximum Gasteiger partial charge on any atom is 0.0498 e. The van der Waals surface area contributed by atoms with Crippen LogP contribution in [0.15, 0.2) is 30.3 Å². The van der Waals surface area contributed by atoms with Crippen LogP contribution < -0.4 is 5.43 Å². The Labute approximate surface area is 111 Å². The van der Waals surface area contributed by atoms with Gasteiger partial charge in [-0.05, 0) is 36.5 Å². The van der Waals surface area contributed by atoms with Crippen molar-refractivity contribution in [3.05, 3.63) is 30.3 Å². The van der Waals surface area contributed by atoms with Gasteiger partial charge in [-0.25, -0.2) is 0 Å².